The standard InChI is InChI=1S/C19H32N4O4S.HI/c1-14(17-12-16(26-3)8-9-18(17)27-4)23-19(20-2)21-10-11-28(24,25)22-13-15-6-5-7-15;/h8-9,12,14-15,22H,5-7,10-11,13H2,1-4H3,(H2,20,21,23);1H. The second kappa shape index (κ2) is 12.4. The first kappa shape index (κ1) is 25.8. The second-order valence-corrected chi connectivity index (χ2v) is 8.86. The molecule has 166 valence electrons. The molecule has 0 aromatic heterocycles. The topological polar surface area (TPSA) is 101 Å². The highest BCUT2D eigenvalue weighted by atomic mass is 127. The Kier molecular flexibility index (Phi) is 11.0. The largest absolute Gasteiger partial charge is 0.497 e. The minimum atomic E-state index is -3.29. The van der Waals surface area contributed by atoms with E-state index in [1.54, 1.807) is 21.3 Å². The number of guanidine groups is 1. The molecule has 1 unspecified atom stereocenters. The van der Waals surface area contributed by atoms with E-state index in [4.69, 9.17) is 9.47 Å². The summed E-state index contributed by atoms with van der Waals surface area (Å²) in [5.41, 5.74) is 0.916. The van der Waals surface area contributed by atoms with Gasteiger partial charge in [0, 0.05) is 25.7 Å². The molecular weight excluding hydrogens is 507 g/mol. The minimum Gasteiger partial charge on any atom is -0.497 e. The monoisotopic (exact) mass is 540 g/mol. The smallest absolute Gasteiger partial charge is 0.213 e. The van der Waals surface area contributed by atoms with Crippen LogP contribution in [-0.4, -0.2) is 54.5 Å². The number of hydrogen-bond donors (Lipinski definition) is 3. The van der Waals surface area contributed by atoms with E-state index < -0.39 is 10.0 Å². The van der Waals surface area contributed by atoms with Gasteiger partial charge in [0.25, 0.3) is 0 Å². The maximum atomic E-state index is 12.1. The fourth-order valence-electron chi connectivity index (χ4n) is 2.97. The second-order valence-electron chi connectivity index (χ2n) is 6.94. The van der Waals surface area contributed by atoms with Crippen molar-refractivity contribution >= 4 is 40.0 Å². The molecule has 1 aliphatic carbocycles. The van der Waals surface area contributed by atoms with Crippen molar-refractivity contribution in [3.8, 4) is 11.5 Å². The third-order valence-electron chi connectivity index (χ3n) is 4.96. The van der Waals surface area contributed by atoms with Gasteiger partial charge in [0.1, 0.15) is 11.5 Å². The van der Waals surface area contributed by atoms with Gasteiger partial charge in [0.15, 0.2) is 5.96 Å². The molecule has 3 N–H and O–H groups in total. The number of benzene rings is 1. The van der Waals surface area contributed by atoms with E-state index in [1.807, 2.05) is 25.1 Å². The van der Waals surface area contributed by atoms with Gasteiger partial charge in [0.05, 0.1) is 26.0 Å². The molecule has 0 saturated heterocycles. The Bertz CT molecular complexity index is 769. The van der Waals surface area contributed by atoms with Crippen LogP contribution in [0.2, 0.25) is 0 Å². The van der Waals surface area contributed by atoms with Crippen molar-refractivity contribution in [2.45, 2.75) is 32.2 Å². The van der Waals surface area contributed by atoms with Crippen LogP contribution in [0.3, 0.4) is 0 Å². The fraction of sp³-hybridized carbons (Fsp3) is 0.632. The van der Waals surface area contributed by atoms with Gasteiger partial charge in [-0.3, -0.25) is 4.99 Å². The van der Waals surface area contributed by atoms with Gasteiger partial charge < -0.3 is 20.1 Å². The molecule has 1 saturated carbocycles. The van der Waals surface area contributed by atoms with Gasteiger partial charge in [-0.15, -0.1) is 24.0 Å². The summed E-state index contributed by atoms with van der Waals surface area (Å²) in [5, 5.41) is 6.31. The van der Waals surface area contributed by atoms with Crippen LogP contribution in [0.25, 0.3) is 0 Å². The van der Waals surface area contributed by atoms with Crippen molar-refractivity contribution < 1.29 is 17.9 Å². The zero-order valence-corrected chi connectivity index (χ0v) is 20.7. The predicted molar refractivity (Wildman–Crippen MR) is 127 cm³/mol. The minimum absolute atomic E-state index is 0. The summed E-state index contributed by atoms with van der Waals surface area (Å²) in [4.78, 5) is 4.17. The number of nitrogens with one attached hydrogen (secondary N) is 3. The summed E-state index contributed by atoms with van der Waals surface area (Å²) in [6.45, 7) is 2.78. The Morgan fingerprint density at radius 2 is 2.00 bits per heavy atom. The number of halogens is 1. The first-order valence-electron chi connectivity index (χ1n) is 9.55. The highest BCUT2D eigenvalue weighted by Gasteiger charge is 2.20. The molecule has 0 heterocycles. The van der Waals surface area contributed by atoms with Crippen LogP contribution in [0, 0.1) is 5.92 Å². The summed E-state index contributed by atoms with van der Waals surface area (Å²) in [6.07, 6.45) is 3.43. The number of nitrogens with zero attached hydrogens (tertiary/aromatic N) is 1. The highest BCUT2D eigenvalue weighted by Crippen LogP contribution is 2.29. The maximum Gasteiger partial charge on any atom is 0.213 e. The fourth-order valence-corrected chi connectivity index (χ4v) is 3.98. The zero-order valence-electron chi connectivity index (χ0n) is 17.5. The quantitative estimate of drug-likeness (QED) is 0.239. The molecule has 0 bridgehead atoms. The molecule has 0 amide bonds. The summed E-state index contributed by atoms with van der Waals surface area (Å²) in [7, 11) is 1.59. The molecule has 1 aromatic rings. The summed E-state index contributed by atoms with van der Waals surface area (Å²) >= 11 is 0. The molecule has 2 rings (SSSR count). The molecular formula is C19H33IN4O4S. The first-order valence-corrected chi connectivity index (χ1v) is 11.2. The van der Waals surface area contributed by atoms with E-state index in [0.717, 1.165) is 29.9 Å². The van der Waals surface area contributed by atoms with Gasteiger partial charge in [-0.25, -0.2) is 13.1 Å². The van der Waals surface area contributed by atoms with Crippen LogP contribution in [0.15, 0.2) is 23.2 Å². The van der Waals surface area contributed by atoms with Crippen molar-refractivity contribution in [1.82, 2.24) is 15.4 Å². The lowest BCUT2D eigenvalue weighted by Gasteiger charge is -2.25. The van der Waals surface area contributed by atoms with Gasteiger partial charge in [-0.1, -0.05) is 6.42 Å². The van der Waals surface area contributed by atoms with E-state index >= 15 is 0 Å². The van der Waals surface area contributed by atoms with Gasteiger partial charge in [-0.2, -0.15) is 0 Å². The Labute approximate surface area is 191 Å². The third-order valence-corrected chi connectivity index (χ3v) is 6.31. The lowest BCUT2D eigenvalue weighted by molar-refractivity contribution is 0.316. The van der Waals surface area contributed by atoms with Crippen LogP contribution in [0.1, 0.15) is 37.8 Å². The predicted octanol–water partition coefficient (Wildman–Crippen LogP) is 2.27. The zero-order chi connectivity index (χ0) is 20.6. The number of ether oxygens (including phenoxy) is 2. The Balaban J connectivity index is 0.00000420. The van der Waals surface area contributed by atoms with Crippen molar-refractivity contribution in [3.05, 3.63) is 23.8 Å². The van der Waals surface area contributed by atoms with Crippen LogP contribution >= 0.6 is 24.0 Å². The van der Waals surface area contributed by atoms with Crippen molar-refractivity contribution in [1.29, 1.82) is 0 Å². The van der Waals surface area contributed by atoms with Crippen molar-refractivity contribution in [2.75, 3.05) is 40.1 Å². The van der Waals surface area contributed by atoms with E-state index in [0.29, 0.717) is 18.4 Å². The first-order chi connectivity index (χ1) is 13.4. The molecule has 1 aromatic carbocycles. The normalized spacial score (nSPS) is 15.7. The average Bonchev–Trinajstić information content (AvgIpc) is 2.64. The summed E-state index contributed by atoms with van der Waals surface area (Å²) < 4.78 is 37.6. The number of aliphatic imine (C=N–C) groups is 1. The number of rotatable bonds is 10. The maximum absolute atomic E-state index is 12.1. The van der Waals surface area contributed by atoms with Crippen LogP contribution in [0.4, 0.5) is 0 Å². The van der Waals surface area contributed by atoms with Crippen molar-refractivity contribution in [2.24, 2.45) is 10.9 Å². The molecule has 29 heavy (non-hydrogen) atoms. The van der Waals surface area contributed by atoms with Crippen molar-refractivity contribution in [3.63, 3.8) is 0 Å². The lowest BCUT2D eigenvalue weighted by atomic mass is 9.86. The SMILES string of the molecule is CN=C(NCCS(=O)(=O)NCC1CCC1)NC(C)c1cc(OC)ccc1OC.I. The summed E-state index contributed by atoms with van der Waals surface area (Å²) in [5.74, 6) is 2.48. The van der Waals surface area contributed by atoms with Gasteiger partial charge >= 0.3 is 0 Å². The van der Waals surface area contributed by atoms with E-state index in [-0.39, 0.29) is 42.3 Å². The highest BCUT2D eigenvalue weighted by molar-refractivity contribution is 14.0. The van der Waals surface area contributed by atoms with E-state index in [9.17, 15) is 8.42 Å². The molecule has 0 aliphatic heterocycles. The van der Waals surface area contributed by atoms with Gasteiger partial charge in [0.2, 0.25) is 10.0 Å². The molecule has 10 heteroatoms. The summed E-state index contributed by atoms with van der Waals surface area (Å²) in [6, 6.07) is 5.47. The van der Waals surface area contributed by atoms with E-state index in [1.165, 1.54) is 6.42 Å². The van der Waals surface area contributed by atoms with Crippen LogP contribution < -0.4 is 24.8 Å². The average molecular weight is 540 g/mol. The number of hydrogen-bond acceptors (Lipinski definition) is 5. The molecule has 0 spiro atoms. The van der Waals surface area contributed by atoms with E-state index in [2.05, 4.69) is 20.3 Å². The van der Waals surface area contributed by atoms with Gasteiger partial charge in [-0.05, 0) is 43.9 Å². The van der Waals surface area contributed by atoms with Crippen LogP contribution in [0.5, 0.6) is 11.5 Å². The number of sulfonamides is 1. The Morgan fingerprint density at radius 3 is 2.55 bits per heavy atom. The molecule has 1 fully saturated rings. The molecule has 0 radical (unpaired) electrons. The molecule has 8 nitrogen and oxygen atoms in total. The van der Waals surface area contributed by atoms with Crippen LogP contribution in [-0.2, 0) is 10.0 Å². The molecule has 1 atom stereocenters. The Morgan fingerprint density at radius 1 is 1.28 bits per heavy atom. The molecule has 1 aliphatic rings. The Hall–Kier alpha value is -1.27. The number of methoxy groups -OCH3 is 2. The lowest BCUT2D eigenvalue weighted by Crippen LogP contribution is -2.42. The third kappa shape index (κ3) is 8.17.